The maximum absolute atomic E-state index is 13.2. The van der Waals surface area contributed by atoms with E-state index in [1.165, 1.54) is 37.3 Å². The summed E-state index contributed by atoms with van der Waals surface area (Å²) in [5.41, 5.74) is -1.59. The van der Waals surface area contributed by atoms with Crippen LogP contribution < -0.4 is 25.5 Å². The Labute approximate surface area is 233 Å². The van der Waals surface area contributed by atoms with Crippen LogP contribution in [0.15, 0.2) is 52.1 Å². The third kappa shape index (κ3) is 7.02. The highest BCUT2D eigenvalue weighted by Crippen LogP contribution is 2.41. The van der Waals surface area contributed by atoms with Gasteiger partial charge < -0.3 is 19.3 Å². The molecule has 0 spiro atoms. The number of aryl methyl sites for hydroxylation is 1. The third-order valence-corrected chi connectivity index (χ3v) is 7.14. The molecule has 1 atom stereocenters. The topological polar surface area (TPSA) is 103 Å². The van der Waals surface area contributed by atoms with Gasteiger partial charge in [0.25, 0.3) is 5.56 Å². The van der Waals surface area contributed by atoms with Gasteiger partial charge in [-0.3, -0.25) is 14.3 Å². The monoisotopic (exact) mass is 626 g/mol. The first-order chi connectivity index (χ1) is 19.5. The van der Waals surface area contributed by atoms with Crippen LogP contribution in [-0.2, 0) is 13.2 Å². The number of ether oxygens (including phenoxy) is 3. The van der Waals surface area contributed by atoms with Crippen molar-refractivity contribution in [2.75, 3.05) is 0 Å². The molecule has 0 radical (unpaired) electrons. The van der Waals surface area contributed by atoms with Crippen molar-refractivity contribution in [2.24, 2.45) is 0 Å². The van der Waals surface area contributed by atoms with Gasteiger partial charge in [-0.05, 0) is 53.9 Å². The van der Waals surface area contributed by atoms with Gasteiger partial charge in [-0.1, -0.05) is 12.1 Å². The van der Waals surface area contributed by atoms with Gasteiger partial charge in [-0.15, -0.1) is 24.5 Å². The molecule has 42 heavy (non-hydrogen) atoms. The lowest BCUT2D eigenvalue weighted by molar-refractivity contribution is -0.275. The smallest absolute Gasteiger partial charge is 0.485 e. The fraction of sp³-hybridized carbons (Fsp3) is 0.280. The van der Waals surface area contributed by atoms with Gasteiger partial charge in [0, 0.05) is 4.88 Å². The SMILES string of the molecule is Cc1c(-c2ccc(OCc3ccc(OC(F)F)cc3)c(OC(F)(F)F)c2)sc2c1c(=O)[nH]c(=O)n2CC(O)C(F)(F)F. The normalized spacial score (nSPS) is 13.0. The van der Waals surface area contributed by atoms with E-state index in [0.29, 0.717) is 21.5 Å². The zero-order chi connectivity index (χ0) is 31.0. The summed E-state index contributed by atoms with van der Waals surface area (Å²) in [6.45, 7) is -3.20. The molecule has 0 bridgehead atoms. The quantitative estimate of drug-likeness (QED) is 0.230. The number of aromatic amines is 1. The second-order valence-electron chi connectivity index (χ2n) is 8.68. The minimum absolute atomic E-state index is 0.0450. The molecule has 0 saturated carbocycles. The second kappa shape index (κ2) is 11.6. The number of benzene rings is 2. The Hall–Kier alpha value is -4.12. The molecule has 226 valence electrons. The van der Waals surface area contributed by atoms with Crippen LogP contribution >= 0.6 is 11.3 Å². The van der Waals surface area contributed by atoms with Crippen LogP contribution in [0.3, 0.4) is 0 Å². The molecule has 2 aromatic heterocycles. The van der Waals surface area contributed by atoms with Gasteiger partial charge in [0.15, 0.2) is 17.6 Å². The first-order valence-electron chi connectivity index (χ1n) is 11.6. The fourth-order valence-corrected chi connectivity index (χ4v) is 5.20. The summed E-state index contributed by atoms with van der Waals surface area (Å²) in [4.78, 5) is 26.6. The summed E-state index contributed by atoms with van der Waals surface area (Å²) >= 11 is 0.654. The van der Waals surface area contributed by atoms with E-state index in [2.05, 4.69) is 9.47 Å². The number of alkyl halides is 8. The van der Waals surface area contributed by atoms with Gasteiger partial charge in [-0.25, -0.2) is 4.79 Å². The van der Waals surface area contributed by atoms with Crippen molar-refractivity contribution < 1.29 is 54.4 Å². The minimum atomic E-state index is -5.16. The maximum Gasteiger partial charge on any atom is 0.573 e. The van der Waals surface area contributed by atoms with Crippen LogP contribution in [0.2, 0.25) is 0 Å². The summed E-state index contributed by atoms with van der Waals surface area (Å²) in [6.07, 6.45) is -13.2. The van der Waals surface area contributed by atoms with Gasteiger partial charge in [0.1, 0.15) is 17.2 Å². The first kappa shape index (κ1) is 30.8. The standard InChI is InChI=1S/C25H18F8N2O6S/c1-11-18-20(37)34-23(38)35(9-17(36)24(28,29)30)21(18)42-19(11)13-4-7-15(16(8-13)41-25(31,32)33)39-10-12-2-5-14(6-3-12)40-22(26)27/h2-8,17,22,36H,9-10H2,1H3,(H,34,37,38). The average Bonchev–Trinajstić information content (AvgIpc) is 3.22. The Morgan fingerprint density at radius 1 is 1.00 bits per heavy atom. The van der Waals surface area contributed by atoms with E-state index >= 15 is 0 Å². The summed E-state index contributed by atoms with van der Waals surface area (Å²) in [5, 5.41) is 9.30. The first-order valence-corrected chi connectivity index (χ1v) is 12.4. The van der Waals surface area contributed by atoms with Gasteiger partial charge in [0.05, 0.1) is 11.9 Å². The third-order valence-electron chi connectivity index (χ3n) is 5.77. The minimum Gasteiger partial charge on any atom is -0.485 e. The lowest BCUT2D eigenvalue weighted by Gasteiger charge is -2.16. The van der Waals surface area contributed by atoms with Crippen LogP contribution in [0.1, 0.15) is 11.1 Å². The predicted molar refractivity (Wildman–Crippen MR) is 133 cm³/mol. The van der Waals surface area contributed by atoms with E-state index < -0.39 is 48.8 Å². The molecular weight excluding hydrogens is 608 g/mol. The van der Waals surface area contributed by atoms with Crippen molar-refractivity contribution >= 4 is 21.6 Å². The Kier molecular flexibility index (Phi) is 8.54. The zero-order valence-corrected chi connectivity index (χ0v) is 21.8. The number of rotatable bonds is 9. The molecule has 2 heterocycles. The van der Waals surface area contributed by atoms with E-state index in [4.69, 9.17) is 4.74 Å². The number of fused-ring (bicyclic) bond motifs is 1. The number of hydrogen-bond acceptors (Lipinski definition) is 7. The zero-order valence-electron chi connectivity index (χ0n) is 21.0. The number of hydrogen-bond donors (Lipinski definition) is 2. The molecule has 17 heteroatoms. The molecule has 2 N–H and O–H groups in total. The molecule has 0 aliphatic carbocycles. The largest absolute Gasteiger partial charge is 0.573 e. The molecule has 8 nitrogen and oxygen atoms in total. The molecule has 0 saturated heterocycles. The van der Waals surface area contributed by atoms with Crippen molar-refractivity contribution in [3.05, 3.63) is 74.4 Å². The Bertz CT molecular complexity index is 1690. The number of halogens is 8. The van der Waals surface area contributed by atoms with Crippen molar-refractivity contribution in [3.63, 3.8) is 0 Å². The molecule has 1 unspecified atom stereocenters. The van der Waals surface area contributed by atoms with Gasteiger partial charge in [0.2, 0.25) is 0 Å². The summed E-state index contributed by atoms with van der Waals surface area (Å²) in [5.74, 6) is -1.31. The Balaban J connectivity index is 1.72. The fourth-order valence-electron chi connectivity index (χ4n) is 3.89. The molecule has 4 aromatic rings. The lowest BCUT2D eigenvalue weighted by Crippen LogP contribution is -2.38. The van der Waals surface area contributed by atoms with E-state index in [-0.39, 0.29) is 44.3 Å². The van der Waals surface area contributed by atoms with E-state index in [1.54, 1.807) is 0 Å². The predicted octanol–water partition coefficient (Wildman–Crippen LogP) is 5.73. The summed E-state index contributed by atoms with van der Waals surface area (Å²) < 4.78 is 118. The van der Waals surface area contributed by atoms with Crippen molar-refractivity contribution in [1.29, 1.82) is 0 Å². The molecule has 0 amide bonds. The number of aromatic nitrogens is 2. The Morgan fingerprint density at radius 3 is 2.26 bits per heavy atom. The molecule has 0 aliphatic heterocycles. The summed E-state index contributed by atoms with van der Waals surface area (Å²) in [7, 11) is 0. The number of H-pyrrole nitrogens is 1. The molecule has 4 rings (SSSR count). The second-order valence-corrected chi connectivity index (χ2v) is 9.68. The van der Waals surface area contributed by atoms with Crippen LogP contribution in [0.25, 0.3) is 20.7 Å². The van der Waals surface area contributed by atoms with Crippen LogP contribution in [0.4, 0.5) is 35.1 Å². The summed E-state index contributed by atoms with van der Waals surface area (Å²) in [6, 6.07) is 8.48. The molecular formula is C25H18F8N2O6S. The number of nitrogens with one attached hydrogen (secondary N) is 1. The highest BCUT2D eigenvalue weighted by atomic mass is 32.1. The molecule has 0 aliphatic rings. The maximum atomic E-state index is 13.2. The van der Waals surface area contributed by atoms with Gasteiger partial charge in [-0.2, -0.15) is 22.0 Å². The number of aliphatic hydroxyl groups is 1. The highest BCUT2D eigenvalue weighted by molar-refractivity contribution is 7.22. The number of nitrogens with zero attached hydrogens (tertiary/aromatic N) is 1. The molecule has 0 fully saturated rings. The van der Waals surface area contributed by atoms with Crippen LogP contribution in [0.5, 0.6) is 17.2 Å². The highest BCUT2D eigenvalue weighted by Gasteiger charge is 2.39. The number of thiophene rings is 1. The lowest BCUT2D eigenvalue weighted by atomic mass is 10.1. The van der Waals surface area contributed by atoms with Crippen molar-refractivity contribution in [2.45, 2.75) is 45.3 Å². The Morgan fingerprint density at radius 2 is 1.67 bits per heavy atom. The van der Waals surface area contributed by atoms with Gasteiger partial charge >= 0.3 is 24.8 Å². The van der Waals surface area contributed by atoms with Crippen molar-refractivity contribution in [3.8, 4) is 27.7 Å². The molecule has 2 aromatic carbocycles. The van der Waals surface area contributed by atoms with E-state index in [0.717, 1.165) is 12.1 Å². The van der Waals surface area contributed by atoms with E-state index in [9.17, 15) is 49.8 Å². The number of aliphatic hydroxyl groups excluding tert-OH is 1. The van der Waals surface area contributed by atoms with Crippen molar-refractivity contribution in [1.82, 2.24) is 9.55 Å². The van der Waals surface area contributed by atoms with E-state index in [1.807, 2.05) is 4.98 Å². The van der Waals surface area contributed by atoms with Crippen LogP contribution in [0, 0.1) is 6.92 Å². The average molecular weight is 626 g/mol. The van der Waals surface area contributed by atoms with Crippen LogP contribution in [-0.4, -0.2) is 39.9 Å².